The molecule has 1 aliphatic carbocycles. The molecule has 116 valence electrons. The van der Waals surface area contributed by atoms with Crippen LogP contribution in [0, 0.1) is 5.92 Å². The Morgan fingerprint density at radius 1 is 1.38 bits per heavy atom. The zero-order chi connectivity index (χ0) is 15.2. The molecule has 1 saturated carbocycles. The summed E-state index contributed by atoms with van der Waals surface area (Å²) in [6, 6.07) is -0.200. The van der Waals surface area contributed by atoms with Gasteiger partial charge in [-0.15, -0.1) is 0 Å². The van der Waals surface area contributed by atoms with Crippen LogP contribution in [-0.4, -0.2) is 30.0 Å². The summed E-state index contributed by atoms with van der Waals surface area (Å²) in [7, 11) is 1.39. The van der Waals surface area contributed by atoms with Gasteiger partial charge in [0.1, 0.15) is 5.76 Å². The van der Waals surface area contributed by atoms with Crippen molar-refractivity contribution in [1.82, 2.24) is 10.3 Å². The Labute approximate surface area is 124 Å². The minimum Gasteiger partial charge on any atom is -0.469 e. The van der Waals surface area contributed by atoms with Gasteiger partial charge < -0.3 is 14.5 Å². The van der Waals surface area contributed by atoms with Crippen molar-refractivity contribution in [2.24, 2.45) is 5.92 Å². The Morgan fingerprint density at radius 3 is 2.86 bits per heavy atom. The summed E-state index contributed by atoms with van der Waals surface area (Å²) in [6.07, 6.45) is 6.46. The van der Waals surface area contributed by atoms with Crippen molar-refractivity contribution in [2.75, 3.05) is 7.11 Å². The standard InChI is InChI=1S/C15H22N2O4/c1-3-12-13(16-9-21-12)14(18)17-11-8-6-4-5-7-10(11)15(19)20-2/h9-11H,3-8H2,1-2H3,(H,17,18). The molecule has 1 aliphatic rings. The maximum atomic E-state index is 12.3. The summed E-state index contributed by atoms with van der Waals surface area (Å²) in [5, 5.41) is 2.94. The Balaban J connectivity index is 2.10. The molecule has 6 nitrogen and oxygen atoms in total. The van der Waals surface area contributed by atoms with E-state index in [4.69, 9.17) is 9.15 Å². The lowest BCUT2D eigenvalue weighted by Crippen LogP contribution is -2.43. The van der Waals surface area contributed by atoms with Gasteiger partial charge in [0.2, 0.25) is 0 Å². The van der Waals surface area contributed by atoms with Crippen molar-refractivity contribution in [1.29, 1.82) is 0 Å². The summed E-state index contributed by atoms with van der Waals surface area (Å²) in [5.41, 5.74) is 0.311. The zero-order valence-electron chi connectivity index (χ0n) is 12.6. The van der Waals surface area contributed by atoms with E-state index in [2.05, 4.69) is 10.3 Å². The first kappa shape index (κ1) is 15.5. The van der Waals surface area contributed by atoms with E-state index in [-0.39, 0.29) is 23.8 Å². The van der Waals surface area contributed by atoms with Crippen LogP contribution in [0.2, 0.25) is 0 Å². The number of carbonyl (C=O) groups is 2. The fourth-order valence-electron chi connectivity index (χ4n) is 2.86. The summed E-state index contributed by atoms with van der Waals surface area (Å²) in [5.74, 6) is -0.242. The van der Waals surface area contributed by atoms with E-state index >= 15 is 0 Å². The van der Waals surface area contributed by atoms with E-state index in [1.165, 1.54) is 13.5 Å². The first-order chi connectivity index (χ1) is 10.2. The number of esters is 1. The van der Waals surface area contributed by atoms with E-state index in [1.807, 2.05) is 6.92 Å². The molecule has 1 fully saturated rings. The minimum absolute atomic E-state index is 0.200. The zero-order valence-corrected chi connectivity index (χ0v) is 12.6. The van der Waals surface area contributed by atoms with Crippen molar-refractivity contribution in [3.8, 4) is 0 Å². The number of carbonyl (C=O) groups excluding carboxylic acids is 2. The van der Waals surface area contributed by atoms with Gasteiger partial charge in [0, 0.05) is 12.5 Å². The highest BCUT2D eigenvalue weighted by Crippen LogP contribution is 2.25. The van der Waals surface area contributed by atoms with Crippen molar-refractivity contribution in [3.63, 3.8) is 0 Å². The predicted octanol–water partition coefficient (Wildman–Crippen LogP) is 2.09. The summed E-state index contributed by atoms with van der Waals surface area (Å²) in [4.78, 5) is 28.2. The fourth-order valence-corrected chi connectivity index (χ4v) is 2.86. The molecule has 1 heterocycles. The van der Waals surface area contributed by atoms with Gasteiger partial charge in [-0.2, -0.15) is 0 Å². The maximum absolute atomic E-state index is 12.3. The average Bonchev–Trinajstić information content (AvgIpc) is 2.86. The molecule has 0 spiro atoms. The van der Waals surface area contributed by atoms with Gasteiger partial charge in [-0.25, -0.2) is 4.98 Å². The number of nitrogens with zero attached hydrogens (tertiary/aromatic N) is 1. The number of amides is 1. The van der Waals surface area contributed by atoms with E-state index in [9.17, 15) is 9.59 Å². The maximum Gasteiger partial charge on any atom is 0.310 e. The Hall–Kier alpha value is -1.85. The molecule has 1 amide bonds. The molecule has 2 atom stereocenters. The van der Waals surface area contributed by atoms with E-state index in [0.29, 0.717) is 17.9 Å². The lowest BCUT2D eigenvalue weighted by Gasteiger charge is -2.23. The molecule has 1 N–H and O–H groups in total. The van der Waals surface area contributed by atoms with Gasteiger partial charge in [-0.05, 0) is 12.8 Å². The Morgan fingerprint density at radius 2 is 2.14 bits per heavy atom. The number of rotatable bonds is 4. The second-order valence-corrected chi connectivity index (χ2v) is 5.33. The summed E-state index contributed by atoms with van der Waals surface area (Å²) < 4.78 is 10.0. The third kappa shape index (κ3) is 3.62. The van der Waals surface area contributed by atoms with Crippen LogP contribution in [0.5, 0.6) is 0 Å². The highest BCUT2D eigenvalue weighted by atomic mass is 16.5. The second-order valence-electron chi connectivity index (χ2n) is 5.33. The van der Waals surface area contributed by atoms with Gasteiger partial charge in [0.05, 0.1) is 13.0 Å². The van der Waals surface area contributed by atoms with Crippen LogP contribution in [0.3, 0.4) is 0 Å². The Kier molecular flexibility index (Phi) is 5.36. The molecule has 6 heteroatoms. The van der Waals surface area contributed by atoms with Gasteiger partial charge in [-0.3, -0.25) is 9.59 Å². The highest BCUT2D eigenvalue weighted by molar-refractivity contribution is 5.93. The van der Waals surface area contributed by atoms with Crippen LogP contribution in [0.1, 0.15) is 55.3 Å². The van der Waals surface area contributed by atoms with Gasteiger partial charge in [0.25, 0.3) is 5.91 Å². The van der Waals surface area contributed by atoms with E-state index < -0.39 is 0 Å². The van der Waals surface area contributed by atoms with E-state index in [1.54, 1.807) is 0 Å². The second kappa shape index (κ2) is 7.24. The van der Waals surface area contributed by atoms with Crippen LogP contribution in [0.25, 0.3) is 0 Å². The molecule has 0 aliphatic heterocycles. The van der Waals surface area contributed by atoms with Crippen LogP contribution in [0.15, 0.2) is 10.8 Å². The van der Waals surface area contributed by atoms with Crippen molar-refractivity contribution >= 4 is 11.9 Å². The summed E-state index contributed by atoms with van der Waals surface area (Å²) >= 11 is 0. The minimum atomic E-state index is -0.279. The molecule has 2 rings (SSSR count). The molecule has 2 unspecified atom stereocenters. The van der Waals surface area contributed by atoms with Gasteiger partial charge in [-0.1, -0.05) is 26.2 Å². The summed E-state index contributed by atoms with van der Waals surface area (Å²) in [6.45, 7) is 1.90. The molecular weight excluding hydrogens is 272 g/mol. The third-order valence-corrected chi connectivity index (χ3v) is 4.01. The molecule has 0 bridgehead atoms. The van der Waals surface area contributed by atoms with E-state index in [0.717, 1.165) is 32.1 Å². The first-order valence-electron chi connectivity index (χ1n) is 7.48. The third-order valence-electron chi connectivity index (χ3n) is 4.01. The van der Waals surface area contributed by atoms with Crippen LogP contribution in [0.4, 0.5) is 0 Å². The molecule has 1 aromatic heterocycles. The first-order valence-corrected chi connectivity index (χ1v) is 7.48. The lowest BCUT2D eigenvalue weighted by atomic mass is 9.94. The predicted molar refractivity (Wildman–Crippen MR) is 75.7 cm³/mol. The molecule has 0 radical (unpaired) electrons. The van der Waals surface area contributed by atoms with Gasteiger partial charge in [0.15, 0.2) is 12.1 Å². The number of aryl methyl sites for hydroxylation is 1. The highest BCUT2D eigenvalue weighted by Gasteiger charge is 2.32. The number of nitrogens with one attached hydrogen (secondary N) is 1. The lowest BCUT2D eigenvalue weighted by molar-refractivity contribution is -0.146. The molecular formula is C15H22N2O4. The molecule has 1 aromatic rings. The van der Waals surface area contributed by atoms with Crippen molar-refractivity contribution in [3.05, 3.63) is 17.8 Å². The smallest absolute Gasteiger partial charge is 0.310 e. The number of oxazole rings is 1. The molecule has 21 heavy (non-hydrogen) atoms. The Bertz CT molecular complexity index is 498. The van der Waals surface area contributed by atoms with Crippen LogP contribution < -0.4 is 5.32 Å². The normalized spacial score (nSPS) is 22.4. The SMILES string of the molecule is CCc1ocnc1C(=O)NC1CCCCCC1C(=O)OC. The van der Waals surface area contributed by atoms with Crippen LogP contribution in [-0.2, 0) is 16.0 Å². The monoisotopic (exact) mass is 294 g/mol. The number of ether oxygens (including phenoxy) is 1. The van der Waals surface area contributed by atoms with Crippen molar-refractivity contribution in [2.45, 2.75) is 51.5 Å². The topological polar surface area (TPSA) is 81.4 Å². The van der Waals surface area contributed by atoms with Crippen molar-refractivity contribution < 1.29 is 18.7 Å². The number of hydrogen-bond donors (Lipinski definition) is 1. The number of aromatic nitrogens is 1. The molecule has 0 aromatic carbocycles. The number of methoxy groups -OCH3 is 1. The fraction of sp³-hybridized carbons (Fsp3) is 0.667. The van der Waals surface area contributed by atoms with Crippen LogP contribution >= 0.6 is 0 Å². The quantitative estimate of drug-likeness (QED) is 0.679. The number of hydrogen-bond acceptors (Lipinski definition) is 5. The largest absolute Gasteiger partial charge is 0.469 e. The molecule has 0 saturated heterocycles. The van der Waals surface area contributed by atoms with Gasteiger partial charge >= 0.3 is 5.97 Å². The average molecular weight is 294 g/mol.